The number of aryl methyl sites for hydroxylation is 1. The van der Waals surface area contributed by atoms with Crippen LogP contribution in [-0.2, 0) is 18.3 Å². The van der Waals surface area contributed by atoms with Crippen LogP contribution in [0.5, 0.6) is 0 Å². The Balaban J connectivity index is 1.74. The molecule has 0 radical (unpaired) electrons. The first-order valence-corrected chi connectivity index (χ1v) is 8.39. The molecule has 3 rings (SSSR count). The zero-order valence-electron chi connectivity index (χ0n) is 14.4. The summed E-state index contributed by atoms with van der Waals surface area (Å²) in [5.41, 5.74) is 3.01. The van der Waals surface area contributed by atoms with E-state index in [4.69, 9.17) is 5.11 Å². The third kappa shape index (κ3) is 4.24. The molecular formula is C19H20N4O3. The van der Waals surface area contributed by atoms with Gasteiger partial charge in [0, 0.05) is 25.1 Å². The molecule has 1 heterocycles. The Morgan fingerprint density at radius 3 is 2.69 bits per heavy atom. The van der Waals surface area contributed by atoms with Gasteiger partial charge < -0.3 is 10.4 Å². The van der Waals surface area contributed by atoms with Crippen molar-refractivity contribution in [3.8, 4) is 0 Å². The molecule has 0 fully saturated rings. The molecule has 7 nitrogen and oxygen atoms in total. The fourth-order valence-electron chi connectivity index (χ4n) is 2.87. The molecule has 26 heavy (non-hydrogen) atoms. The lowest BCUT2D eigenvalue weighted by atomic mass is 10.0. The molecule has 7 heteroatoms. The van der Waals surface area contributed by atoms with E-state index < -0.39 is 5.97 Å². The van der Waals surface area contributed by atoms with Crippen LogP contribution in [0.15, 0.2) is 48.5 Å². The number of hydrogen-bond acceptors (Lipinski definition) is 4. The maximum Gasteiger partial charge on any atom is 0.303 e. The molecule has 2 aromatic carbocycles. The number of rotatable bonds is 7. The zero-order chi connectivity index (χ0) is 18.5. The summed E-state index contributed by atoms with van der Waals surface area (Å²) in [6.45, 7) is 0. The number of carbonyl (C=O) groups is 2. The first-order chi connectivity index (χ1) is 12.5. The summed E-state index contributed by atoms with van der Waals surface area (Å²) in [5.74, 6) is -1.12. The van der Waals surface area contributed by atoms with Gasteiger partial charge in [0.25, 0.3) is 5.91 Å². The van der Waals surface area contributed by atoms with Crippen LogP contribution in [0.1, 0.15) is 28.8 Å². The first-order valence-electron chi connectivity index (χ1n) is 8.39. The highest BCUT2D eigenvalue weighted by Gasteiger charge is 2.17. The minimum Gasteiger partial charge on any atom is -0.481 e. The summed E-state index contributed by atoms with van der Waals surface area (Å²) in [4.78, 5) is 23.6. The monoisotopic (exact) mass is 352 g/mol. The topological polar surface area (TPSA) is 97.1 Å². The number of carbonyl (C=O) groups excluding carboxylic acids is 1. The molecule has 0 bridgehead atoms. The number of hydrogen-bond donors (Lipinski definition) is 2. The molecule has 0 aliphatic carbocycles. The van der Waals surface area contributed by atoms with E-state index in [0.29, 0.717) is 23.9 Å². The molecule has 3 aromatic rings. The summed E-state index contributed by atoms with van der Waals surface area (Å²) < 4.78 is 1.64. The fourth-order valence-corrected chi connectivity index (χ4v) is 2.87. The van der Waals surface area contributed by atoms with E-state index >= 15 is 0 Å². The summed E-state index contributed by atoms with van der Waals surface area (Å²) in [6, 6.07) is 14.6. The molecule has 0 saturated carbocycles. The third-order valence-electron chi connectivity index (χ3n) is 4.24. The van der Waals surface area contributed by atoms with Crippen molar-refractivity contribution in [3.05, 3.63) is 59.7 Å². The van der Waals surface area contributed by atoms with Crippen molar-refractivity contribution in [2.45, 2.75) is 25.3 Å². The molecule has 1 unspecified atom stereocenters. The number of aliphatic carboxylic acids is 1. The highest BCUT2D eigenvalue weighted by Crippen LogP contribution is 2.14. The van der Waals surface area contributed by atoms with Crippen molar-refractivity contribution < 1.29 is 14.7 Å². The maximum atomic E-state index is 12.6. The molecule has 1 aromatic heterocycles. The minimum absolute atomic E-state index is 0.000968. The Hall–Kier alpha value is -3.22. The van der Waals surface area contributed by atoms with Crippen LogP contribution in [-0.4, -0.2) is 38.0 Å². The van der Waals surface area contributed by atoms with Gasteiger partial charge in [-0.25, -0.2) is 4.68 Å². The molecular weight excluding hydrogens is 332 g/mol. The Bertz CT molecular complexity index is 921. The van der Waals surface area contributed by atoms with Gasteiger partial charge in [-0.1, -0.05) is 35.5 Å². The van der Waals surface area contributed by atoms with E-state index in [9.17, 15) is 9.59 Å². The molecule has 0 spiro atoms. The summed E-state index contributed by atoms with van der Waals surface area (Å²) in [5, 5.41) is 19.9. The van der Waals surface area contributed by atoms with Gasteiger partial charge in [0.2, 0.25) is 0 Å². The van der Waals surface area contributed by atoms with Gasteiger partial charge in [-0.05, 0) is 36.6 Å². The highest BCUT2D eigenvalue weighted by molar-refractivity contribution is 5.97. The predicted octanol–water partition coefficient (Wildman–Crippen LogP) is 2.17. The molecule has 1 atom stereocenters. The lowest BCUT2D eigenvalue weighted by Gasteiger charge is -2.18. The van der Waals surface area contributed by atoms with E-state index in [1.165, 1.54) is 0 Å². The van der Waals surface area contributed by atoms with E-state index in [2.05, 4.69) is 15.6 Å². The van der Waals surface area contributed by atoms with Crippen molar-refractivity contribution in [1.82, 2.24) is 20.3 Å². The SMILES string of the molecule is Cn1nnc2cc(C(=O)NC(CCC(=O)O)Cc3ccccc3)ccc21. The quantitative estimate of drug-likeness (QED) is 0.679. The van der Waals surface area contributed by atoms with Gasteiger partial charge in [0.1, 0.15) is 5.52 Å². The number of amides is 1. The predicted molar refractivity (Wildman–Crippen MR) is 96.8 cm³/mol. The number of benzene rings is 2. The summed E-state index contributed by atoms with van der Waals surface area (Å²) in [6.07, 6.45) is 0.942. The Kier molecular flexibility index (Phi) is 5.26. The summed E-state index contributed by atoms with van der Waals surface area (Å²) in [7, 11) is 1.79. The number of nitrogens with zero attached hydrogens (tertiary/aromatic N) is 3. The van der Waals surface area contributed by atoms with Crippen molar-refractivity contribution in [2.75, 3.05) is 0 Å². The van der Waals surface area contributed by atoms with Crippen LogP contribution in [0.25, 0.3) is 11.0 Å². The van der Waals surface area contributed by atoms with Crippen LogP contribution < -0.4 is 5.32 Å². The Morgan fingerprint density at radius 1 is 1.19 bits per heavy atom. The molecule has 134 valence electrons. The first kappa shape index (κ1) is 17.6. The average Bonchev–Trinajstić information content (AvgIpc) is 3.01. The van der Waals surface area contributed by atoms with Crippen molar-refractivity contribution in [2.24, 2.45) is 7.05 Å². The lowest BCUT2D eigenvalue weighted by Crippen LogP contribution is -2.36. The normalized spacial score (nSPS) is 12.0. The minimum atomic E-state index is -0.877. The van der Waals surface area contributed by atoms with Gasteiger partial charge in [0.15, 0.2) is 0 Å². The van der Waals surface area contributed by atoms with Crippen LogP contribution in [0.3, 0.4) is 0 Å². The van der Waals surface area contributed by atoms with Crippen molar-refractivity contribution >= 4 is 22.9 Å². The molecule has 1 amide bonds. The molecule has 0 saturated heterocycles. The van der Waals surface area contributed by atoms with Crippen LogP contribution >= 0.6 is 0 Å². The number of nitrogens with one attached hydrogen (secondary N) is 1. The van der Waals surface area contributed by atoms with Crippen LogP contribution in [0.2, 0.25) is 0 Å². The highest BCUT2D eigenvalue weighted by atomic mass is 16.4. The van der Waals surface area contributed by atoms with E-state index in [1.54, 1.807) is 29.9 Å². The number of carboxylic acid groups (broad SMARTS) is 1. The van der Waals surface area contributed by atoms with Crippen LogP contribution in [0, 0.1) is 0 Å². The molecule has 0 aliphatic rings. The largest absolute Gasteiger partial charge is 0.481 e. The zero-order valence-corrected chi connectivity index (χ0v) is 14.4. The molecule has 2 N–H and O–H groups in total. The second-order valence-electron chi connectivity index (χ2n) is 6.21. The third-order valence-corrected chi connectivity index (χ3v) is 4.24. The van der Waals surface area contributed by atoms with E-state index in [0.717, 1.165) is 11.1 Å². The smallest absolute Gasteiger partial charge is 0.303 e. The van der Waals surface area contributed by atoms with E-state index in [1.807, 2.05) is 30.3 Å². The van der Waals surface area contributed by atoms with Gasteiger partial charge in [-0.2, -0.15) is 0 Å². The maximum absolute atomic E-state index is 12.6. The fraction of sp³-hybridized carbons (Fsp3) is 0.263. The number of fused-ring (bicyclic) bond motifs is 1. The Morgan fingerprint density at radius 2 is 1.96 bits per heavy atom. The van der Waals surface area contributed by atoms with Crippen molar-refractivity contribution in [3.63, 3.8) is 0 Å². The lowest BCUT2D eigenvalue weighted by molar-refractivity contribution is -0.137. The van der Waals surface area contributed by atoms with Crippen molar-refractivity contribution in [1.29, 1.82) is 0 Å². The van der Waals surface area contributed by atoms with Crippen LogP contribution in [0.4, 0.5) is 0 Å². The van der Waals surface area contributed by atoms with Gasteiger partial charge in [-0.3, -0.25) is 9.59 Å². The number of aromatic nitrogens is 3. The second-order valence-corrected chi connectivity index (χ2v) is 6.21. The van der Waals surface area contributed by atoms with Gasteiger partial charge in [-0.15, -0.1) is 5.10 Å². The summed E-state index contributed by atoms with van der Waals surface area (Å²) >= 11 is 0. The molecule has 0 aliphatic heterocycles. The van der Waals surface area contributed by atoms with Gasteiger partial charge >= 0.3 is 5.97 Å². The second kappa shape index (κ2) is 7.77. The Labute approximate surface area is 150 Å². The standard InChI is InChI=1S/C19H20N4O3/c1-23-17-9-7-14(12-16(17)21-22-23)19(26)20-15(8-10-18(24)25)11-13-5-3-2-4-6-13/h2-7,9,12,15H,8,10-11H2,1H3,(H,20,26)(H,24,25). The average molecular weight is 352 g/mol. The van der Waals surface area contributed by atoms with Gasteiger partial charge in [0.05, 0.1) is 5.52 Å². The van der Waals surface area contributed by atoms with E-state index in [-0.39, 0.29) is 18.4 Å². The number of carboxylic acids is 1.